The molecule has 0 atom stereocenters. The van der Waals surface area contributed by atoms with Crippen LogP contribution in [0.25, 0.3) is 5.69 Å². The molecule has 0 aliphatic carbocycles. The summed E-state index contributed by atoms with van der Waals surface area (Å²) in [7, 11) is -3.99. The molecule has 0 aliphatic heterocycles. The molecule has 9 heteroatoms. The number of halogens is 1. The van der Waals surface area contributed by atoms with Crippen molar-refractivity contribution in [3.05, 3.63) is 111 Å². The van der Waals surface area contributed by atoms with Crippen molar-refractivity contribution in [3.8, 4) is 5.69 Å². The highest BCUT2D eigenvalue weighted by molar-refractivity contribution is 9.10. The SMILES string of the molecule is Cc1ccc(-n2c(C)cc(/C=N/NC(=O)CN(c3cccc(Br)c3)S(=O)(=O)c3ccccc3)c2C)cc1C. The number of hydrogen-bond donors (Lipinski definition) is 1. The Morgan fingerprint density at radius 3 is 2.37 bits per heavy atom. The summed E-state index contributed by atoms with van der Waals surface area (Å²) in [6, 6.07) is 23.1. The molecular weight excluding hydrogens is 564 g/mol. The molecule has 0 bridgehead atoms. The van der Waals surface area contributed by atoms with Crippen LogP contribution in [-0.4, -0.2) is 31.7 Å². The molecule has 0 saturated carbocycles. The largest absolute Gasteiger partial charge is 0.318 e. The monoisotopic (exact) mass is 592 g/mol. The molecule has 0 fully saturated rings. The van der Waals surface area contributed by atoms with E-state index in [1.54, 1.807) is 48.7 Å². The van der Waals surface area contributed by atoms with Crippen LogP contribution in [0.15, 0.2) is 93.3 Å². The number of rotatable bonds is 8. The second-order valence-electron chi connectivity index (χ2n) is 9.03. The molecule has 0 saturated heterocycles. The number of hydrogen-bond acceptors (Lipinski definition) is 4. The maximum absolute atomic E-state index is 13.4. The summed E-state index contributed by atoms with van der Waals surface area (Å²) in [5.74, 6) is -0.566. The van der Waals surface area contributed by atoms with Crippen LogP contribution in [-0.2, 0) is 14.8 Å². The molecule has 7 nitrogen and oxygen atoms in total. The predicted octanol–water partition coefficient (Wildman–Crippen LogP) is 5.82. The maximum atomic E-state index is 13.4. The summed E-state index contributed by atoms with van der Waals surface area (Å²) in [6.07, 6.45) is 1.58. The Bertz CT molecular complexity index is 1610. The van der Waals surface area contributed by atoms with Gasteiger partial charge in [-0.3, -0.25) is 9.10 Å². The smallest absolute Gasteiger partial charge is 0.264 e. The van der Waals surface area contributed by atoms with E-state index in [9.17, 15) is 13.2 Å². The van der Waals surface area contributed by atoms with Crippen molar-refractivity contribution in [1.29, 1.82) is 0 Å². The van der Waals surface area contributed by atoms with Crippen LogP contribution >= 0.6 is 15.9 Å². The van der Waals surface area contributed by atoms with Crippen molar-refractivity contribution in [2.24, 2.45) is 5.10 Å². The number of carbonyl (C=O) groups is 1. The number of amides is 1. The second-order valence-corrected chi connectivity index (χ2v) is 11.8. The maximum Gasteiger partial charge on any atom is 0.264 e. The fraction of sp³-hybridized carbons (Fsp3) is 0.172. The van der Waals surface area contributed by atoms with Crippen LogP contribution in [0.1, 0.15) is 28.1 Å². The van der Waals surface area contributed by atoms with E-state index in [0.717, 1.165) is 26.9 Å². The van der Waals surface area contributed by atoms with E-state index < -0.39 is 22.5 Å². The van der Waals surface area contributed by atoms with Crippen LogP contribution in [0.3, 0.4) is 0 Å². The number of aromatic nitrogens is 1. The Labute approximate surface area is 232 Å². The predicted molar refractivity (Wildman–Crippen MR) is 156 cm³/mol. The van der Waals surface area contributed by atoms with Crippen molar-refractivity contribution < 1.29 is 13.2 Å². The minimum absolute atomic E-state index is 0.0926. The van der Waals surface area contributed by atoms with Gasteiger partial charge >= 0.3 is 0 Å². The minimum atomic E-state index is -3.99. The average Bonchev–Trinajstić information content (AvgIpc) is 3.17. The van der Waals surface area contributed by atoms with E-state index in [1.807, 2.05) is 19.9 Å². The van der Waals surface area contributed by atoms with E-state index in [2.05, 4.69) is 63.1 Å². The highest BCUT2D eigenvalue weighted by atomic mass is 79.9. The van der Waals surface area contributed by atoms with Gasteiger partial charge in [-0.05, 0) is 87.4 Å². The van der Waals surface area contributed by atoms with Gasteiger partial charge in [0.2, 0.25) is 0 Å². The standard InChI is InChI=1S/C29H29BrN4O3S/c1-20-13-14-27(15-21(20)2)34-22(3)16-24(23(34)4)18-31-32-29(35)19-33(26-10-8-9-25(30)17-26)38(36,37)28-11-6-5-7-12-28/h5-18H,19H2,1-4H3,(H,32,35)/b31-18+. The molecule has 4 aromatic rings. The highest BCUT2D eigenvalue weighted by Crippen LogP contribution is 2.26. The Hall–Kier alpha value is -3.69. The van der Waals surface area contributed by atoms with Crippen molar-refractivity contribution in [3.63, 3.8) is 0 Å². The summed E-state index contributed by atoms with van der Waals surface area (Å²) < 4.78 is 30.8. The lowest BCUT2D eigenvalue weighted by Crippen LogP contribution is -2.39. The van der Waals surface area contributed by atoms with E-state index in [0.29, 0.717) is 10.2 Å². The van der Waals surface area contributed by atoms with Gasteiger partial charge in [0.15, 0.2) is 0 Å². The Morgan fingerprint density at radius 1 is 0.947 bits per heavy atom. The fourth-order valence-corrected chi connectivity index (χ4v) is 6.01. The summed E-state index contributed by atoms with van der Waals surface area (Å²) in [5.41, 5.74) is 9.20. The lowest BCUT2D eigenvalue weighted by molar-refractivity contribution is -0.119. The summed E-state index contributed by atoms with van der Waals surface area (Å²) >= 11 is 3.38. The van der Waals surface area contributed by atoms with Gasteiger partial charge in [-0.25, -0.2) is 13.8 Å². The van der Waals surface area contributed by atoms with Crippen LogP contribution in [0.2, 0.25) is 0 Å². The van der Waals surface area contributed by atoms with Crippen LogP contribution in [0, 0.1) is 27.7 Å². The van der Waals surface area contributed by atoms with E-state index in [-0.39, 0.29) is 4.90 Å². The molecule has 0 unspecified atom stereocenters. The summed E-state index contributed by atoms with van der Waals surface area (Å²) in [5, 5.41) is 4.13. The first kappa shape index (κ1) is 27.3. The average molecular weight is 594 g/mol. The number of benzene rings is 3. The van der Waals surface area contributed by atoms with Crippen LogP contribution in [0.4, 0.5) is 5.69 Å². The van der Waals surface area contributed by atoms with Crippen molar-refractivity contribution in [2.45, 2.75) is 32.6 Å². The Kier molecular flexibility index (Phi) is 8.18. The molecular formula is C29H29BrN4O3S. The van der Waals surface area contributed by atoms with E-state index >= 15 is 0 Å². The molecule has 4 rings (SSSR count). The molecule has 1 aromatic heterocycles. The molecule has 1 amide bonds. The molecule has 3 aromatic carbocycles. The zero-order valence-corrected chi connectivity index (χ0v) is 24.0. The first-order valence-electron chi connectivity index (χ1n) is 12.0. The fourth-order valence-electron chi connectivity index (χ4n) is 4.19. The highest BCUT2D eigenvalue weighted by Gasteiger charge is 2.27. The number of anilines is 1. The quantitative estimate of drug-likeness (QED) is 0.207. The lowest BCUT2D eigenvalue weighted by Gasteiger charge is -2.23. The number of aryl methyl sites for hydroxylation is 3. The number of sulfonamides is 1. The molecule has 0 aliphatic rings. The number of hydrazone groups is 1. The first-order chi connectivity index (χ1) is 18.1. The number of nitrogens with zero attached hydrogens (tertiary/aromatic N) is 3. The number of carbonyl (C=O) groups excluding carboxylic acids is 1. The Balaban J connectivity index is 1.55. The minimum Gasteiger partial charge on any atom is -0.318 e. The van der Waals surface area contributed by atoms with E-state index in [1.165, 1.54) is 23.3 Å². The summed E-state index contributed by atoms with van der Waals surface area (Å²) in [6.45, 7) is 7.74. The van der Waals surface area contributed by atoms with Gasteiger partial charge in [0, 0.05) is 27.1 Å². The topological polar surface area (TPSA) is 83.8 Å². The van der Waals surface area contributed by atoms with Crippen molar-refractivity contribution >= 4 is 43.8 Å². The molecule has 38 heavy (non-hydrogen) atoms. The van der Waals surface area contributed by atoms with E-state index in [4.69, 9.17) is 0 Å². The van der Waals surface area contributed by atoms with Gasteiger partial charge in [0.05, 0.1) is 16.8 Å². The second kappa shape index (κ2) is 11.4. The third-order valence-electron chi connectivity index (χ3n) is 6.33. The van der Waals surface area contributed by atoms with Crippen LogP contribution < -0.4 is 9.73 Å². The van der Waals surface area contributed by atoms with Gasteiger partial charge in [0.25, 0.3) is 15.9 Å². The third kappa shape index (κ3) is 5.89. The zero-order chi connectivity index (χ0) is 27.4. The normalized spacial score (nSPS) is 11.6. The van der Waals surface area contributed by atoms with Gasteiger partial charge in [-0.2, -0.15) is 5.10 Å². The molecule has 196 valence electrons. The lowest BCUT2D eigenvalue weighted by atomic mass is 10.1. The zero-order valence-electron chi connectivity index (χ0n) is 21.6. The van der Waals surface area contributed by atoms with Crippen molar-refractivity contribution in [1.82, 2.24) is 9.99 Å². The summed E-state index contributed by atoms with van der Waals surface area (Å²) in [4.78, 5) is 13.0. The van der Waals surface area contributed by atoms with Crippen molar-refractivity contribution in [2.75, 3.05) is 10.8 Å². The first-order valence-corrected chi connectivity index (χ1v) is 14.2. The molecule has 1 heterocycles. The molecule has 0 radical (unpaired) electrons. The third-order valence-corrected chi connectivity index (χ3v) is 8.61. The van der Waals surface area contributed by atoms with Crippen LogP contribution in [0.5, 0.6) is 0 Å². The van der Waals surface area contributed by atoms with Gasteiger partial charge in [0.1, 0.15) is 6.54 Å². The molecule has 0 spiro atoms. The van der Waals surface area contributed by atoms with Gasteiger partial charge in [-0.15, -0.1) is 0 Å². The Morgan fingerprint density at radius 2 is 1.68 bits per heavy atom. The number of nitrogens with one attached hydrogen (secondary N) is 1. The van der Waals surface area contributed by atoms with Gasteiger partial charge < -0.3 is 4.57 Å². The van der Waals surface area contributed by atoms with Gasteiger partial charge in [-0.1, -0.05) is 46.3 Å². The molecule has 1 N–H and O–H groups in total.